The molecule has 1 unspecified atom stereocenters. The Morgan fingerprint density at radius 3 is 1.70 bits per heavy atom. The number of hydrogen-bond donors (Lipinski definition) is 8. The number of ketones is 2. The van der Waals surface area contributed by atoms with Crippen LogP contribution in [0.15, 0.2) is 12.2 Å². The van der Waals surface area contributed by atoms with Gasteiger partial charge in [0.1, 0.15) is 30.2 Å². The Morgan fingerprint density at radius 1 is 0.603 bits per heavy atom. The molecule has 0 spiro atoms. The Bertz CT molecular complexity index is 1590. The lowest BCUT2D eigenvalue weighted by Gasteiger charge is -2.31. The lowest BCUT2D eigenvalue weighted by atomic mass is 9.84. The van der Waals surface area contributed by atoms with E-state index in [9.17, 15) is 58.2 Å². The highest BCUT2D eigenvalue weighted by Crippen LogP contribution is 2.28. The SMILES string of the molecule is CCC(C)[C@H](NC(=O)[C@H](CC(C)C)NC(=O)[C@@H](CCC(=O)O)NC(=O)[C@H](CC(=O)O)NC(C)=O)C(=O)N[C@@H](CC1CCCCC1)C(=O)N[C@@H](CC)C(=O)C(=O)/C=C/CCCC(C)C. The Labute approximate surface area is 372 Å². The molecule has 356 valence electrons. The second-order valence-electron chi connectivity index (χ2n) is 17.6. The van der Waals surface area contributed by atoms with Gasteiger partial charge in [-0.2, -0.15) is 0 Å². The summed E-state index contributed by atoms with van der Waals surface area (Å²) in [5, 5.41) is 34.0. The highest BCUT2D eigenvalue weighted by Gasteiger charge is 2.36. The van der Waals surface area contributed by atoms with E-state index in [-0.39, 0.29) is 31.1 Å². The van der Waals surface area contributed by atoms with Crippen molar-refractivity contribution >= 4 is 58.9 Å². The number of nitrogens with one attached hydrogen (secondary N) is 6. The van der Waals surface area contributed by atoms with E-state index in [1.807, 2.05) is 0 Å². The zero-order chi connectivity index (χ0) is 47.8. The molecule has 7 atom stereocenters. The number of aliphatic carboxylic acids is 2. The lowest BCUT2D eigenvalue weighted by Crippen LogP contribution is -2.61. The predicted molar refractivity (Wildman–Crippen MR) is 235 cm³/mol. The molecule has 63 heavy (non-hydrogen) atoms. The molecule has 18 nitrogen and oxygen atoms in total. The minimum Gasteiger partial charge on any atom is -0.481 e. The molecule has 0 aromatic heterocycles. The number of amides is 6. The van der Waals surface area contributed by atoms with Crippen molar-refractivity contribution in [1.82, 2.24) is 31.9 Å². The molecule has 1 saturated carbocycles. The van der Waals surface area contributed by atoms with Crippen molar-refractivity contribution in [3.05, 3.63) is 12.2 Å². The van der Waals surface area contributed by atoms with E-state index in [4.69, 9.17) is 0 Å². The summed E-state index contributed by atoms with van der Waals surface area (Å²) in [6.45, 7) is 14.0. The molecule has 1 aliphatic rings. The van der Waals surface area contributed by atoms with Gasteiger partial charge in [-0.1, -0.05) is 99.5 Å². The fraction of sp³-hybridized carbons (Fsp3) is 0.733. The van der Waals surface area contributed by atoms with Crippen molar-refractivity contribution in [3.8, 4) is 0 Å². The van der Waals surface area contributed by atoms with E-state index in [0.29, 0.717) is 18.8 Å². The van der Waals surface area contributed by atoms with Gasteiger partial charge in [-0.05, 0) is 68.3 Å². The van der Waals surface area contributed by atoms with Gasteiger partial charge in [0.15, 0.2) is 0 Å². The van der Waals surface area contributed by atoms with Crippen LogP contribution >= 0.6 is 0 Å². The van der Waals surface area contributed by atoms with E-state index in [1.165, 1.54) is 6.08 Å². The summed E-state index contributed by atoms with van der Waals surface area (Å²) in [5.41, 5.74) is 0. The van der Waals surface area contributed by atoms with Crippen LogP contribution in [-0.2, 0) is 47.9 Å². The topological polar surface area (TPSA) is 283 Å². The molecule has 6 amide bonds. The van der Waals surface area contributed by atoms with Gasteiger partial charge >= 0.3 is 11.9 Å². The number of carbonyl (C=O) groups excluding carboxylic acids is 8. The van der Waals surface area contributed by atoms with Crippen LogP contribution in [0.3, 0.4) is 0 Å². The molecule has 0 heterocycles. The van der Waals surface area contributed by atoms with Gasteiger partial charge in [0.05, 0.1) is 12.5 Å². The zero-order valence-corrected chi connectivity index (χ0v) is 38.5. The number of carboxylic acid groups (broad SMARTS) is 2. The van der Waals surface area contributed by atoms with Crippen molar-refractivity contribution in [2.75, 3.05) is 0 Å². The molecule has 0 bridgehead atoms. The van der Waals surface area contributed by atoms with Crippen LogP contribution in [-0.4, -0.2) is 105 Å². The smallest absolute Gasteiger partial charge is 0.305 e. The summed E-state index contributed by atoms with van der Waals surface area (Å²) in [4.78, 5) is 130. The van der Waals surface area contributed by atoms with E-state index >= 15 is 0 Å². The van der Waals surface area contributed by atoms with E-state index < -0.39 is 120 Å². The van der Waals surface area contributed by atoms with Crippen LogP contribution in [0.25, 0.3) is 0 Å². The maximum absolute atomic E-state index is 14.2. The normalized spacial score (nSPS) is 16.4. The third kappa shape index (κ3) is 22.2. The summed E-state index contributed by atoms with van der Waals surface area (Å²) < 4.78 is 0. The summed E-state index contributed by atoms with van der Waals surface area (Å²) >= 11 is 0. The number of hydrogen-bond acceptors (Lipinski definition) is 10. The molecule has 1 rings (SSSR count). The number of Topliss-reactive ketones (excluding diaryl/α,β-unsaturated/α-hetero) is 1. The van der Waals surface area contributed by atoms with Gasteiger partial charge in [0.2, 0.25) is 47.0 Å². The van der Waals surface area contributed by atoms with Crippen molar-refractivity contribution in [2.45, 2.75) is 188 Å². The van der Waals surface area contributed by atoms with Crippen molar-refractivity contribution in [1.29, 1.82) is 0 Å². The summed E-state index contributed by atoms with van der Waals surface area (Å²) in [7, 11) is 0. The van der Waals surface area contributed by atoms with Gasteiger partial charge in [-0.15, -0.1) is 0 Å². The van der Waals surface area contributed by atoms with E-state index in [1.54, 1.807) is 40.7 Å². The quantitative estimate of drug-likeness (QED) is 0.0293. The van der Waals surface area contributed by atoms with Crippen LogP contribution in [0.5, 0.6) is 0 Å². The highest BCUT2D eigenvalue weighted by molar-refractivity contribution is 6.43. The molecule has 8 N–H and O–H groups in total. The fourth-order valence-electron chi connectivity index (χ4n) is 7.33. The molecular weight excluding hydrogens is 817 g/mol. The number of rotatable bonds is 30. The predicted octanol–water partition coefficient (Wildman–Crippen LogP) is 3.25. The fourth-order valence-corrected chi connectivity index (χ4v) is 7.33. The van der Waals surface area contributed by atoms with E-state index in [0.717, 1.165) is 51.9 Å². The molecule has 0 radical (unpaired) electrons. The molecule has 1 fully saturated rings. The third-order valence-corrected chi connectivity index (χ3v) is 11.1. The Kier molecular flexibility index (Phi) is 25.9. The van der Waals surface area contributed by atoms with Crippen LogP contribution < -0.4 is 31.9 Å². The Morgan fingerprint density at radius 2 is 1.16 bits per heavy atom. The van der Waals surface area contributed by atoms with Crippen LogP contribution in [0.2, 0.25) is 0 Å². The minimum absolute atomic E-state index is 0.0462. The number of allylic oxidation sites excluding steroid dienone is 2. The van der Waals surface area contributed by atoms with Gasteiger partial charge in [-0.25, -0.2) is 0 Å². The first-order chi connectivity index (χ1) is 29.6. The number of carboxylic acids is 2. The van der Waals surface area contributed by atoms with Crippen LogP contribution in [0.4, 0.5) is 0 Å². The van der Waals surface area contributed by atoms with Crippen LogP contribution in [0, 0.1) is 23.7 Å². The molecule has 0 aromatic rings. The molecular formula is C45H74N6O12. The van der Waals surface area contributed by atoms with Gasteiger partial charge in [-0.3, -0.25) is 47.9 Å². The highest BCUT2D eigenvalue weighted by atomic mass is 16.4. The second kappa shape index (κ2) is 29.3. The van der Waals surface area contributed by atoms with Crippen LogP contribution in [0.1, 0.15) is 152 Å². The maximum atomic E-state index is 14.2. The summed E-state index contributed by atoms with van der Waals surface area (Å²) in [6.07, 6.45) is 8.99. The molecule has 18 heteroatoms. The second-order valence-corrected chi connectivity index (χ2v) is 17.6. The Balaban J connectivity index is 3.38. The average Bonchev–Trinajstić information content (AvgIpc) is 3.21. The molecule has 0 saturated heterocycles. The number of carbonyl (C=O) groups is 10. The largest absolute Gasteiger partial charge is 0.481 e. The molecule has 0 aliphatic heterocycles. The number of unbranched alkanes of at least 4 members (excludes halogenated alkanes) is 1. The first-order valence-corrected chi connectivity index (χ1v) is 22.6. The zero-order valence-electron chi connectivity index (χ0n) is 38.5. The first-order valence-electron chi connectivity index (χ1n) is 22.6. The van der Waals surface area contributed by atoms with Gasteiger partial charge < -0.3 is 42.1 Å². The average molecular weight is 891 g/mol. The Hall–Kier alpha value is -5.16. The summed E-state index contributed by atoms with van der Waals surface area (Å²) in [6, 6.07) is -7.90. The van der Waals surface area contributed by atoms with E-state index in [2.05, 4.69) is 45.7 Å². The standard InChI is InChI=1S/C45H74N6O12/c1-9-28(7)39(51-44(62)33(23-27(5)6)49-41(59)32(21-22-37(54)55)48-43(61)35(25-38(56)57)46-29(8)52)45(63)50-34(24-30-18-14-12-15-19-30)42(60)47-31(10-2)40(58)36(53)20-16-11-13-17-26(3)4/h16,20,26-28,30-35,39H,9-15,17-19,21-25H2,1-8H3,(H,46,52)(H,47,60)(H,48,61)(H,49,59)(H,50,63)(H,51,62)(H,54,55)(H,56,57)/b20-16+/t28?,31-,32+,33-,34-,35-,39-/m0/s1. The van der Waals surface area contributed by atoms with Crippen molar-refractivity contribution in [3.63, 3.8) is 0 Å². The minimum atomic E-state index is -1.59. The third-order valence-electron chi connectivity index (χ3n) is 11.1. The molecule has 1 aliphatic carbocycles. The van der Waals surface area contributed by atoms with Gasteiger partial charge in [0, 0.05) is 13.3 Å². The lowest BCUT2D eigenvalue weighted by molar-refractivity contribution is -0.141. The monoisotopic (exact) mass is 891 g/mol. The molecule has 0 aromatic carbocycles. The summed E-state index contributed by atoms with van der Waals surface area (Å²) in [5.74, 6) is -9.15. The van der Waals surface area contributed by atoms with Gasteiger partial charge in [0.25, 0.3) is 0 Å². The van der Waals surface area contributed by atoms with Crippen molar-refractivity contribution in [2.24, 2.45) is 23.7 Å². The van der Waals surface area contributed by atoms with Crippen molar-refractivity contribution < 1.29 is 58.2 Å². The maximum Gasteiger partial charge on any atom is 0.305 e. The first kappa shape index (κ1) is 55.9.